The van der Waals surface area contributed by atoms with Crippen molar-refractivity contribution in [3.8, 4) is 0 Å². The number of carbonyl (C=O) groups is 2. The van der Waals surface area contributed by atoms with Crippen LogP contribution in [0.15, 0.2) is 78.0 Å². The Bertz CT molecular complexity index is 1290. The third-order valence-corrected chi connectivity index (χ3v) is 7.22. The topological polar surface area (TPSA) is 114 Å². The van der Waals surface area contributed by atoms with Crippen LogP contribution in [0.2, 0.25) is 0 Å². The SMILES string of the molecule is O=C(N[C@@H](Cc1ccccc1)C(=O)Cc1ccc(S(=O)(=O)N[C@H]2CCOC2)nc1)c1ccc(F)cc1. The highest BCUT2D eigenvalue weighted by molar-refractivity contribution is 7.89. The van der Waals surface area contributed by atoms with Crippen molar-refractivity contribution < 1.29 is 27.1 Å². The highest BCUT2D eigenvalue weighted by Gasteiger charge is 2.25. The first-order valence-corrected chi connectivity index (χ1v) is 13.0. The lowest BCUT2D eigenvalue weighted by Crippen LogP contribution is -2.43. The summed E-state index contributed by atoms with van der Waals surface area (Å²) in [6.45, 7) is 0.821. The molecule has 1 saturated heterocycles. The van der Waals surface area contributed by atoms with E-state index in [0.717, 1.165) is 5.56 Å². The molecule has 2 heterocycles. The van der Waals surface area contributed by atoms with Crippen molar-refractivity contribution in [3.63, 3.8) is 0 Å². The van der Waals surface area contributed by atoms with Gasteiger partial charge in [0.25, 0.3) is 15.9 Å². The van der Waals surface area contributed by atoms with E-state index in [1.54, 1.807) is 0 Å². The Labute approximate surface area is 209 Å². The van der Waals surface area contributed by atoms with Gasteiger partial charge in [0, 0.05) is 30.8 Å². The second-order valence-electron chi connectivity index (χ2n) is 8.55. The van der Waals surface area contributed by atoms with Crippen molar-refractivity contribution in [1.82, 2.24) is 15.0 Å². The van der Waals surface area contributed by atoms with Crippen molar-refractivity contribution in [2.45, 2.75) is 36.4 Å². The Hall–Kier alpha value is -3.47. The number of rotatable bonds is 10. The number of halogens is 1. The number of hydrogen-bond acceptors (Lipinski definition) is 6. The highest BCUT2D eigenvalue weighted by Crippen LogP contribution is 2.13. The standard InChI is InChI=1S/C26H26FN3O5S/c27-21-9-7-20(8-10-21)26(32)29-23(14-18-4-2-1-3-5-18)24(31)15-19-6-11-25(28-16-19)36(33,34)30-22-12-13-35-17-22/h1-11,16,22-23,30H,12-15,17H2,(H,29,32)/t22-,23-/m0/s1. The van der Waals surface area contributed by atoms with E-state index < -0.39 is 27.8 Å². The van der Waals surface area contributed by atoms with Crippen LogP contribution in [0.3, 0.4) is 0 Å². The van der Waals surface area contributed by atoms with Crippen molar-refractivity contribution in [2.75, 3.05) is 13.2 Å². The van der Waals surface area contributed by atoms with Crippen LogP contribution >= 0.6 is 0 Å². The lowest BCUT2D eigenvalue weighted by atomic mass is 9.98. The van der Waals surface area contributed by atoms with Crippen molar-refractivity contribution in [3.05, 3.63) is 95.4 Å². The molecule has 1 aliphatic heterocycles. The molecule has 8 nitrogen and oxygen atoms in total. The van der Waals surface area contributed by atoms with Crippen LogP contribution in [0.5, 0.6) is 0 Å². The maximum Gasteiger partial charge on any atom is 0.258 e. The maximum atomic E-state index is 13.2. The summed E-state index contributed by atoms with van der Waals surface area (Å²) in [5.74, 6) is -1.23. The fraction of sp³-hybridized carbons (Fsp3) is 0.269. The number of aromatic nitrogens is 1. The van der Waals surface area contributed by atoms with Gasteiger partial charge in [-0.2, -0.15) is 0 Å². The van der Waals surface area contributed by atoms with E-state index in [-0.39, 0.29) is 35.3 Å². The number of nitrogens with zero attached hydrogens (tertiary/aromatic N) is 1. The van der Waals surface area contributed by atoms with Gasteiger partial charge in [0.2, 0.25) is 0 Å². The van der Waals surface area contributed by atoms with Gasteiger partial charge in [-0.25, -0.2) is 22.5 Å². The van der Waals surface area contributed by atoms with Gasteiger partial charge in [0.15, 0.2) is 10.8 Å². The molecule has 2 N–H and O–H groups in total. The van der Waals surface area contributed by atoms with Gasteiger partial charge in [0.1, 0.15) is 5.82 Å². The molecule has 1 aromatic heterocycles. The zero-order valence-corrected chi connectivity index (χ0v) is 20.2. The monoisotopic (exact) mass is 511 g/mol. The number of carbonyl (C=O) groups excluding carboxylic acids is 2. The molecular weight excluding hydrogens is 485 g/mol. The zero-order valence-electron chi connectivity index (χ0n) is 19.4. The van der Waals surface area contributed by atoms with Crippen LogP contribution in [0.25, 0.3) is 0 Å². The number of ketones is 1. The van der Waals surface area contributed by atoms with Gasteiger partial charge in [-0.05, 0) is 54.3 Å². The second-order valence-corrected chi connectivity index (χ2v) is 10.2. The molecule has 2 aromatic carbocycles. The predicted octanol–water partition coefficient (Wildman–Crippen LogP) is 2.44. The average molecular weight is 512 g/mol. The van der Waals surface area contributed by atoms with E-state index >= 15 is 0 Å². The minimum Gasteiger partial charge on any atom is -0.380 e. The summed E-state index contributed by atoms with van der Waals surface area (Å²) in [5, 5.41) is 2.61. The maximum absolute atomic E-state index is 13.2. The molecule has 0 spiro atoms. The number of benzene rings is 2. The minimum atomic E-state index is -3.81. The molecule has 1 amide bonds. The predicted molar refractivity (Wildman–Crippen MR) is 130 cm³/mol. The molecule has 3 aromatic rings. The van der Waals surface area contributed by atoms with Crippen LogP contribution in [0, 0.1) is 5.82 Å². The summed E-state index contributed by atoms with van der Waals surface area (Å²) in [6.07, 6.45) is 2.15. The summed E-state index contributed by atoms with van der Waals surface area (Å²) in [7, 11) is -3.81. The molecule has 1 fully saturated rings. The molecular formula is C26H26FN3O5S. The molecule has 4 rings (SSSR count). The number of Topliss-reactive ketones (excluding diaryl/α,β-unsaturated/α-hetero) is 1. The fourth-order valence-corrected chi connectivity index (χ4v) is 5.03. The number of pyridine rings is 1. The molecule has 2 atom stereocenters. The fourth-order valence-electron chi connectivity index (χ4n) is 3.84. The Morgan fingerprint density at radius 1 is 1.03 bits per heavy atom. The lowest BCUT2D eigenvalue weighted by Gasteiger charge is -2.18. The van der Waals surface area contributed by atoms with Gasteiger partial charge in [-0.15, -0.1) is 0 Å². The molecule has 10 heteroatoms. The molecule has 0 bridgehead atoms. The van der Waals surface area contributed by atoms with Gasteiger partial charge >= 0.3 is 0 Å². The summed E-state index contributed by atoms with van der Waals surface area (Å²) >= 11 is 0. The van der Waals surface area contributed by atoms with E-state index in [4.69, 9.17) is 4.74 Å². The molecule has 188 valence electrons. The quantitative estimate of drug-likeness (QED) is 0.432. The lowest BCUT2D eigenvalue weighted by molar-refractivity contribution is -0.120. The number of sulfonamides is 1. The third kappa shape index (κ3) is 6.81. The Kier molecular flexibility index (Phi) is 8.19. The van der Waals surface area contributed by atoms with E-state index in [2.05, 4.69) is 15.0 Å². The molecule has 0 saturated carbocycles. The number of amides is 1. The molecule has 0 radical (unpaired) electrons. The van der Waals surface area contributed by atoms with Gasteiger partial charge in [0.05, 0.1) is 12.6 Å². The summed E-state index contributed by atoms with van der Waals surface area (Å²) in [5.41, 5.74) is 1.60. The summed E-state index contributed by atoms with van der Waals surface area (Å²) in [4.78, 5) is 30.0. The van der Waals surface area contributed by atoms with Crippen LogP contribution in [0.1, 0.15) is 27.9 Å². The first-order valence-electron chi connectivity index (χ1n) is 11.5. The summed E-state index contributed by atoms with van der Waals surface area (Å²) in [6, 6.07) is 16.1. The van der Waals surface area contributed by atoms with E-state index in [0.29, 0.717) is 25.2 Å². The van der Waals surface area contributed by atoms with Gasteiger partial charge in [-0.1, -0.05) is 36.4 Å². The number of ether oxygens (including phenoxy) is 1. The number of nitrogens with one attached hydrogen (secondary N) is 2. The molecule has 1 aliphatic rings. The van der Waals surface area contributed by atoms with Crippen molar-refractivity contribution >= 4 is 21.7 Å². The molecule has 0 unspecified atom stereocenters. The highest BCUT2D eigenvalue weighted by atomic mass is 32.2. The van der Waals surface area contributed by atoms with Crippen LogP contribution in [0.4, 0.5) is 4.39 Å². The molecule has 36 heavy (non-hydrogen) atoms. The zero-order chi connectivity index (χ0) is 25.5. The van der Waals surface area contributed by atoms with Crippen LogP contribution in [-0.4, -0.2) is 50.4 Å². The third-order valence-electron chi connectivity index (χ3n) is 5.79. The van der Waals surface area contributed by atoms with Crippen LogP contribution in [-0.2, 0) is 32.4 Å². The van der Waals surface area contributed by atoms with Gasteiger partial charge in [-0.3, -0.25) is 9.59 Å². The largest absolute Gasteiger partial charge is 0.380 e. The first-order chi connectivity index (χ1) is 17.3. The minimum absolute atomic E-state index is 0.0571. The first kappa shape index (κ1) is 25.6. The van der Waals surface area contributed by atoms with Crippen molar-refractivity contribution in [2.24, 2.45) is 0 Å². The van der Waals surface area contributed by atoms with Crippen LogP contribution < -0.4 is 10.0 Å². The van der Waals surface area contributed by atoms with Gasteiger partial charge < -0.3 is 10.1 Å². The Morgan fingerprint density at radius 2 is 1.78 bits per heavy atom. The normalized spacial score (nSPS) is 16.4. The Balaban J connectivity index is 1.46. The molecule has 0 aliphatic carbocycles. The average Bonchev–Trinajstić information content (AvgIpc) is 3.37. The van der Waals surface area contributed by atoms with E-state index in [1.807, 2.05) is 30.3 Å². The second kappa shape index (κ2) is 11.5. The Morgan fingerprint density at radius 3 is 2.42 bits per heavy atom. The van der Waals surface area contributed by atoms with E-state index in [9.17, 15) is 22.4 Å². The van der Waals surface area contributed by atoms with Crippen molar-refractivity contribution in [1.29, 1.82) is 0 Å². The summed E-state index contributed by atoms with van der Waals surface area (Å²) < 4.78 is 46.1. The van der Waals surface area contributed by atoms with E-state index in [1.165, 1.54) is 42.6 Å². The smallest absolute Gasteiger partial charge is 0.258 e. The number of hydrogen-bond donors (Lipinski definition) is 2.